The van der Waals surface area contributed by atoms with Crippen LogP contribution < -0.4 is 5.84 Å². The zero-order chi connectivity index (χ0) is 5.56. The van der Waals surface area contributed by atoms with Crippen molar-refractivity contribution in [1.29, 1.82) is 0 Å². The Morgan fingerprint density at radius 2 is 2.38 bits per heavy atom. The molecule has 0 unspecified atom stereocenters. The summed E-state index contributed by atoms with van der Waals surface area (Å²) in [6.07, 6.45) is 2.09. The standard InChI is InChI=1S/C4H6N4/c5-8-4-2-1-3(4)6-7-8/h1-2,5H2. The van der Waals surface area contributed by atoms with Gasteiger partial charge in [-0.3, -0.25) is 0 Å². The second kappa shape index (κ2) is 1.02. The van der Waals surface area contributed by atoms with E-state index >= 15 is 0 Å². The molecule has 0 spiro atoms. The van der Waals surface area contributed by atoms with Crippen LogP contribution in [0.5, 0.6) is 0 Å². The molecule has 0 aromatic carbocycles. The summed E-state index contributed by atoms with van der Waals surface area (Å²) in [5.41, 5.74) is 2.15. The fourth-order valence-corrected chi connectivity index (χ4v) is 0.859. The van der Waals surface area contributed by atoms with Crippen LogP contribution in [0.3, 0.4) is 0 Å². The molecule has 1 aliphatic rings. The molecule has 1 heterocycles. The lowest BCUT2D eigenvalue weighted by atomic mass is 10.0. The first-order chi connectivity index (χ1) is 3.88. The van der Waals surface area contributed by atoms with Gasteiger partial charge >= 0.3 is 0 Å². The van der Waals surface area contributed by atoms with Crippen LogP contribution in [0.25, 0.3) is 0 Å². The molecule has 1 aromatic rings. The number of hydrogen-bond acceptors (Lipinski definition) is 3. The van der Waals surface area contributed by atoms with Gasteiger partial charge in [0.1, 0.15) is 0 Å². The van der Waals surface area contributed by atoms with Crippen LogP contribution in [0.2, 0.25) is 0 Å². The van der Waals surface area contributed by atoms with E-state index < -0.39 is 0 Å². The third-order valence-electron chi connectivity index (χ3n) is 1.47. The first-order valence-corrected chi connectivity index (χ1v) is 2.56. The maximum absolute atomic E-state index is 5.33. The third kappa shape index (κ3) is 0.267. The minimum absolute atomic E-state index is 1.04. The highest BCUT2D eigenvalue weighted by atomic mass is 15.6. The van der Waals surface area contributed by atoms with Gasteiger partial charge in [0.2, 0.25) is 0 Å². The van der Waals surface area contributed by atoms with Gasteiger partial charge in [0.15, 0.2) is 0 Å². The van der Waals surface area contributed by atoms with Crippen molar-refractivity contribution in [3.05, 3.63) is 11.4 Å². The first kappa shape index (κ1) is 3.88. The van der Waals surface area contributed by atoms with Crippen molar-refractivity contribution in [1.82, 2.24) is 15.1 Å². The fourth-order valence-electron chi connectivity index (χ4n) is 0.859. The number of nitrogens with zero attached hydrogens (tertiary/aromatic N) is 3. The van der Waals surface area contributed by atoms with Gasteiger partial charge in [0, 0.05) is 0 Å². The lowest BCUT2D eigenvalue weighted by Gasteiger charge is -2.08. The Hall–Kier alpha value is -1.06. The van der Waals surface area contributed by atoms with Gasteiger partial charge in [-0.15, -0.1) is 5.10 Å². The highest BCUT2D eigenvalue weighted by Crippen LogP contribution is 2.16. The summed E-state index contributed by atoms with van der Waals surface area (Å²) in [5, 5.41) is 7.41. The molecule has 0 bridgehead atoms. The van der Waals surface area contributed by atoms with Crippen molar-refractivity contribution in [2.24, 2.45) is 0 Å². The minimum atomic E-state index is 1.04. The van der Waals surface area contributed by atoms with Gasteiger partial charge in [-0.05, 0) is 18.1 Å². The highest BCUT2D eigenvalue weighted by Gasteiger charge is 2.19. The Labute approximate surface area is 46.3 Å². The average molecular weight is 110 g/mol. The number of rotatable bonds is 0. The van der Waals surface area contributed by atoms with Gasteiger partial charge in [-0.25, -0.2) is 0 Å². The first-order valence-electron chi connectivity index (χ1n) is 2.56. The number of aromatic nitrogens is 3. The summed E-state index contributed by atoms with van der Waals surface area (Å²) >= 11 is 0. The van der Waals surface area contributed by atoms with Gasteiger partial charge in [0.05, 0.1) is 11.4 Å². The Balaban J connectivity index is 2.66. The van der Waals surface area contributed by atoms with E-state index in [1.165, 1.54) is 4.79 Å². The Bertz CT molecular complexity index is 200. The molecular weight excluding hydrogens is 104 g/mol. The maximum Gasteiger partial charge on any atom is 0.0885 e. The predicted molar refractivity (Wildman–Crippen MR) is 27.6 cm³/mol. The summed E-state index contributed by atoms with van der Waals surface area (Å²) in [6, 6.07) is 0. The minimum Gasteiger partial charge on any atom is -0.322 e. The monoisotopic (exact) mass is 110 g/mol. The second-order valence-electron chi connectivity index (χ2n) is 1.93. The van der Waals surface area contributed by atoms with E-state index in [-0.39, 0.29) is 0 Å². The fraction of sp³-hybridized carbons (Fsp3) is 0.500. The van der Waals surface area contributed by atoms with Crippen LogP contribution in [0.1, 0.15) is 11.4 Å². The van der Waals surface area contributed by atoms with Gasteiger partial charge in [-0.2, -0.15) is 4.79 Å². The molecule has 0 amide bonds. The normalized spacial score (nSPS) is 15.0. The Morgan fingerprint density at radius 3 is 2.62 bits per heavy atom. The van der Waals surface area contributed by atoms with Gasteiger partial charge < -0.3 is 5.84 Å². The third-order valence-corrected chi connectivity index (χ3v) is 1.47. The molecule has 0 atom stereocenters. The van der Waals surface area contributed by atoms with Crippen LogP contribution in [0, 0.1) is 0 Å². The zero-order valence-electron chi connectivity index (χ0n) is 4.33. The molecule has 8 heavy (non-hydrogen) atoms. The van der Waals surface area contributed by atoms with E-state index in [0.29, 0.717) is 0 Å². The number of aryl methyl sites for hydroxylation is 1. The predicted octanol–water partition coefficient (Wildman–Crippen LogP) is -0.910. The molecule has 42 valence electrons. The van der Waals surface area contributed by atoms with E-state index in [9.17, 15) is 0 Å². The molecular formula is C4H6N4. The molecule has 0 radical (unpaired) electrons. The summed E-state index contributed by atoms with van der Waals surface area (Å²) < 4.78 is 0. The van der Waals surface area contributed by atoms with Crippen LogP contribution >= 0.6 is 0 Å². The number of hydrogen-bond donors (Lipinski definition) is 1. The van der Waals surface area contributed by atoms with E-state index in [1.54, 1.807) is 0 Å². The summed E-state index contributed by atoms with van der Waals surface area (Å²) in [5.74, 6) is 5.33. The highest BCUT2D eigenvalue weighted by molar-refractivity contribution is 5.20. The second-order valence-corrected chi connectivity index (χ2v) is 1.93. The molecule has 0 fully saturated rings. The van der Waals surface area contributed by atoms with Crippen LogP contribution in [0.15, 0.2) is 0 Å². The van der Waals surface area contributed by atoms with Crippen LogP contribution in [-0.4, -0.2) is 15.1 Å². The largest absolute Gasteiger partial charge is 0.322 e. The summed E-state index contributed by atoms with van der Waals surface area (Å²) in [4.78, 5) is 1.35. The quantitative estimate of drug-likeness (QED) is 0.440. The zero-order valence-corrected chi connectivity index (χ0v) is 4.33. The van der Waals surface area contributed by atoms with Crippen LogP contribution in [0.4, 0.5) is 0 Å². The van der Waals surface area contributed by atoms with Crippen molar-refractivity contribution in [3.63, 3.8) is 0 Å². The average Bonchev–Trinajstić information content (AvgIpc) is 1.80. The van der Waals surface area contributed by atoms with Crippen LogP contribution in [-0.2, 0) is 12.8 Å². The van der Waals surface area contributed by atoms with E-state index in [1.807, 2.05) is 0 Å². The lowest BCUT2D eigenvalue weighted by Crippen LogP contribution is -2.19. The van der Waals surface area contributed by atoms with Crippen molar-refractivity contribution >= 4 is 0 Å². The topological polar surface area (TPSA) is 56.7 Å². The molecule has 1 aliphatic carbocycles. The number of nitrogen functional groups attached to an aromatic ring is 1. The SMILES string of the molecule is Nn1nnc2c1CC2. The number of fused-ring (bicyclic) bond motifs is 1. The molecule has 2 N–H and O–H groups in total. The smallest absolute Gasteiger partial charge is 0.0885 e. The molecule has 1 aromatic heterocycles. The van der Waals surface area contributed by atoms with Crippen molar-refractivity contribution < 1.29 is 0 Å². The molecule has 0 saturated heterocycles. The van der Waals surface area contributed by atoms with Gasteiger partial charge in [0.25, 0.3) is 0 Å². The molecule has 4 heteroatoms. The Morgan fingerprint density at radius 1 is 1.50 bits per heavy atom. The van der Waals surface area contributed by atoms with Crippen molar-refractivity contribution in [2.75, 3.05) is 5.84 Å². The molecule has 0 saturated carbocycles. The van der Waals surface area contributed by atoms with E-state index in [0.717, 1.165) is 24.2 Å². The maximum atomic E-state index is 5.33. The molecule has 2 rings (SSSR count). The summed E-state index contributed by atoms with van der Waals surface area (Å²) in [6.45, 7) is 0. The van der Waals surface area contributed by atoms with Gasteiger partial charge in [-0.1, -0.05) is 0 Å². The van der Waals surface area contributed by atoms with Crippen molar-refractivity contribution in [3.8, 4) is 0 Å². The number of nitrogens with two attached hydrogens (primary N) is 1. The molecule has 4 nitrogen and oxygen atoms in total. The van der Waals surface area contributed by atoms with E-state index in [2.05, 4.69) is 10.3 Å². The summed E-state index contributed by atoms with van der Waals surface area (Å²) in [7, 11) is 0. The van der Waals surface area contributed by atoms with Crippen molar-refractivity contribution in [2.45, 2.75) is 12.8 Å². The molecule has 0 aliphatic heterocycles. The Kier molecular flexibility index (Phi) is 0.494. The lowest BCUT2D eigenvalue weighted by molar-refractivity contribution is 0.705. The van der Waals surface area contributed by atoms with E-state index in [4.69, 9.17) is 5.84 Å².